The van der Waals surface area contributed by atoms with Crippen LogP contribution in [-0.4, -0.2) is 64.2 Å². The summed E-state index contributed by atoms with van der Waals surface area (Å²) in [7, 11) is -1.66. The zero-order valence-electron chi connectivity index (χ0n) is 12.4. The van der Waals surface area contributed by atoms with Crippen LogP contribution >= 0.6 is 0 Å². The molecular weight excluding hydrogens is 292 g/mol. The third-order valence-corrected chi connectivity index (χ3v) is 4.62. The van der Waals surface area contributed by atoms with E-state index in [9.17, 15) is 8.42 Å². The molecule has 7 nitrogen and oxygen atoms in total. The van der Waals surface area contributed by atoms with E-state index in [4.69, 9.17) is 4.74 Å². The third kappa shape index (κ3) is 4.37. The smallest absolute Gasteiger partial charge is 0.260 e. The van der Waals surface area contributed by atoms with Gasteiger partial charge in [0.25, 0.3) is 10.0 Å². The molecule has 0 aliphatic carbocycles. The number of sulfonamides is 1. The number of morpholine rings is 1. The maximum absolute atomic E-state index is 12.4. The molecule has 0 spiro atoms. The summed E-state index contributed by atoms with van der Waals surface area (Å²) < 4.78 is 32.9. The van der Waals surface area contributed by atoms with Crippen molar-refractivity contribution in [2.75, 3.05) is 45.2 Å². The van der Waals surface area contributed by atoms with Crippen molar-refractivity contribution >= 4 is 15.7 Å². The molecule has 2 N–H and O–H groups in total. The van der Waals surface area contributed by atoms with E-state index in [1.165, 1.54) is 6.20 Å². The number of nitrogens with one attached hydrogen (secondary N) is 2. The van der Waals surface area contributed by atoms with E-state index in [-0.39, 0.29) is 17.7 Å². The predicted octanol–water partition coefficient (Wildman–Crippen LogP) is 0.122. The lowest BCUT2D eigenvalue weighted by Gasteiger charge is -2.30. The normalized spacial score (nSPS) is 20.4. The number of hydrogen-bond donors (Lipinski definition) is 2. The van der Waals surface area contributed by atoms with E-state index in [0.717, 1.165) is 6.54 Å². The highest BCUT2D eigenvalue weighted by molar-refractivity contribution is 7.89. The number of nitrogens with zero attached hydrogens (tertiary/aromatic N) is 2. The van der Waals surface area contributed by atoms with Crippen LogP contribution in [0.5, 0.6) is 0 Å². The molecule has 2 heterocycles. The lowest BCUT2D eigenvalue weighted by Crippen LogP contribution is -2.46. The van der Waals surface area contributed by atoms with E-state index in [0.29, 0.717) is 25.4 Å². The van der Waals surface area contributed by atoms with E-state index >= 15 is 0 Å². The summed E-state index contributed by atoms with van der Waals surface area (Å²) >= 11 is 0. The first-order chi connectivity index (χ1) is 10.0. The van der Waals surface area contributed by atoms with Gasteiger partial charge in [-0.1, -0.05) is 0 Å². The van der Waals surface area contributed by atoms with Gasteiger partial charge in [-0.2, -0.15) is 0 Å². The Kier molecular flexibility index (Phi) is 5.51. The van der Waals surface area contributed by atoms with Crippen molar-refractivity contribution in [1.29, 1.82) is 0 Å². The Morgan fingerprint density at radius 3 is 3.05 bits per heavy atom. The van der Waals surface area contributed by atoms with Crippen molar-refractivity contribution in [3.05, 3.63) is 18.3 Å². The number of hydrogen-bond acceptors (Lipinski definition) is 6. The fourth-order valence-corrected chi connectivity index (χ4v) is 3.36. The van der Waals surface area contributed by atoms with Gasteiger partial charge in [0.1, 0.15) is 0 Å². The lowest BCUT2D eigenvalue weighted by molar-refractivity contribution is -0.0156. The van der Waals surface area contributed by atoms with Crippen molar-refractivity contribution in [2.45, 2.75) is 18.1 Å². The first-order valence-electron chi connectivity index (χ1n) is 7.01. The molecule has 1 saturated heterocycles. The number of pyridine rings is 1. The molecule has 1 aromatic heterocycles. The summed E-state index contributed by atoms with van der Waals surface area (Å²) in [5, 5.41) is 3.03. The summed E-state index contributed by atoms with van der Waals surface area (Å²) in [5.74, 6) is 0. The minimum absolute atomic E-state index is 0.0241. The average molecular weight is 314 g/mol. The average Bonchev–Trinajstić information content (AvgIpc) is 2.46. The number of anilines is 1. The second-order valence-corrected chi connectivity index (χ2v) is 6.68. The lowest BCUT2D eigenvalue weighted by atomic mass is 10.3. The highest BCUT2D eigenvalue weighted by Gasteiger charge is 2.23. The molecule has 0 amide bonds. The Morgan fingerprint density at radius 2 is 2.33 bits per heavy atom. The molecule has 1 atom stereocenters. The summed E-state index contributed by atoms with van der Waals surface area (Å²) in [5.41, 5.74) is 0.509. The quantitative estimate of drug-likeness (QED) is 0.776. The van der Waals surface area contributed by atoms with Gasteiger partial charge in [-0.3, -0.25) is 0 Å². The molecule has 0 aromatic carbocycles. The molecule has 0 bridgehead atoms. The van der Waals surface area contributed by atoms with Gasteiger partial charge < -0.3 is 15.0 Å². The van der Waals surface area contributed by atoms with Crippen LogP contribution in [0.4, 0.5) is 5.69 Å². The topological polar surface area (TPSA) is 83.6 Å². The van der Waals surface area contributed by atoms with Gasteiger partial charge in [-0.15, -0.1) is 0 Å². The molecule has 1 aliphatic rings. The van der Waals surface area contributed by atoms with E-state index in [1.807, 2.05) is 14.0 Å². The Morgan fingerprint density at radius 1 is 1.52 bits per heavy atom. The first-order valence-corrected chi connectivity index (χ1v) is 8.50. The van der Waals surface area contributed by atoms with Gasteiger partial charge in [0, 0.05) is 32.4 Å². The van der Waals surface area contributed by atoms with E-state index in [1.54, 1.807) is 12.1 Å². The molecule has 8 heteroatoms. The first kappa shape index (κ1) is 16.2. The monoisotopic (exact) mass is 314 g/mol. The molecule has 1 unspecified atom stereocenters. The number of rotatable bonds is 6. The highest BCUT2D eigenvalue weighted by Crippen LogP contribution is 2.17. The van der Waals surface area contributed by atoms with Crippen molar-refractivity contribution in [1.82, 2.24) is 14.6 Å². The molecule has 0 saturated carbocycles. The van der Waals surface area contributed by atoms with Crippen LogP contribution in [0, 0.1) is 0 Å². The molecular formula is C13H22N4O3S. The summed E-state index contributed by atoms with van der Waals surface area (Å²) in [6.07, 6.45) is 1.34. The van der Waals surface area contributed by atoms with Gasteiger partial charge in [0.2, 0.25) is 0 Å². The maximum Gasteiger partial charge on any atom is 0.260 e. The second kappa shape index (κ2) is 7.17. The van der Waals surface area contributed by atoms with Crippen LogP contribution in [0.3, 0.4) is 0 Å². The fourth-order valence-electron chi connectivity index (χ4n) is 2.19. The fraction of sp³-hybridized carbons (Fsp3) is 0.615. The van der Waals surface area contributed by atoms with Gasteiger partial charge >= 0.3 is 0 Å². The standard InChI is InChI=1S/C13H22N4O3S/c1-3-14-12-5-4-6-15-13(12)21(18,19)16-9-11-10-17(2)7-8-20-11/h4-6,11,14,16H,3,7-10H2,1-2H3. The van der Waals surface area contributed by atoms with Crippen LogP contribution in [0.15, 0.2) is 23.4 Å². The number of likely N-dealkylation sites (N-methyl/N-ethyl adjacent to an activating group) is 1. The maximum atomic E-state index is 12.4. The van der Waals surface area contributed by atoms with Gasteiger partial charge in [-0.05, 0) is 26.1 Å². The van der Waals surface area contributed by atoms with Crippen molar-refractivity contribution in [3.8, 4) is 0 Å². The minimum Gasteiger partial charge on any atom is -0.383 e. The van der Waals surface area contributed by atoms with Gasteiger partial charge in [-0.25, -0.2) is 18.1 Å². The minimum atomic E-state index is -3.65. The summed E-state index contributed by atoms with van der Waals surface area (Å²) in [6.45, 7) is 4.98. The molecule has 21 heavy (non-hydrogen) atoms. The third-order valence-electron chi connectivity index (χ3n) is 3.24. The van der Waals surface area contributed by atoms with Crippen molar-refractivity contribution in [2.24, 2.45) is 0 Å². The largest absolute Gasteiger partial charge is 0.383 e. The molecule has 1 aliphatic heterocycles. The van der Waals surface area contributed by atoms with Gasteiger partial charge in [0.05, 0.1) is 18.4 Å². The van der Waals surface area contributed by atoms with Crippen molar-refractivity contribution in [3.63, 3.8) is 0 Å². The molecule has 1 aromatic rings. The highest BCUT2D eigenvalue weighted by atomic mass is 32.2. The van der Waals surface area contributed by atoms with Crippen molar-refractivity contribution < 1.29 is 13.2 Å². The zero-order chi connectivity index (χ0) is 15.3. The van der Waals surface area contributed by atoms with Crippen LogP contribution in [-0.2, 0) is 14.8 Å². The Balaban J connectivity index is 2.04. The Hall–Kier alpha value is -1.22. The Labute approximate surface area is 125 Å². The second-order valence-electron chi connectivity index (χ2n) is 4.99. The van der Waals surface area contributed by atoms with Crippen LogP contribution in [0.25, 0.3) is 0 Å². The summed E-state index contributed by atoms with van der Waals surface area (Å²) in [4.78, 5) is 6.10. The van der Waals surface area contributed by atoms with Crippen LogP contribution < -0.4 is 10.0 Å². The number of aromatic nitrogens is 1. The van der Waals surface area contributed by atoms with Gasteiger partial charge in [0.15, 0.2) is 5.03 Å². The molecule has 2 rings (SSSR count). The molecule has 1 fully saturated rings. The van der Waals surface area contributed by atoms with E-state index in [2.05, 4.69) is 19.9 Å². The van der Waals surface area contributed by atoms with E-state index < -0.39 is 10.0 Å². The Bertz CT molecular complexity index is 564. The molecule has 118 valence electrons. The predicted molar refractivity (Wildman–Crippen MR) is 80.8 cm³/mol. The van der Waals surface area contributed by atoms with Crippen LogP contribution in [0.1, 0.15) is 6.92 Å². The summed E-state index contributed by atoms with van der Waals surface area (Å²) in [6, 6.07) is 3.41. The zero-order valence-corrected chi connectivity index (χ0v) is 13.2. The number of ether oxygens (including phenoxy) is 1. The van der Waals surface area contributed by atoms with Crippen LogP contribution in [0.2, 0.25) is 0 Å². The molecule has 0 radical (unpaired) electrons. The SMILES string of the molecule is CCNc1cccnc1S(=O)(=O)NCC1CN(C)CCO1.